The Morgan fingerprint density at radius 2 is 1.50 bits per heavy atom. The molecule has 0 saturated heterocycles. The molecule has 0 aliphatic rings. The fourth-order valence-corrected chi connectivity index (χ4v) is 3.27. The first kappa shape index (κ1) is 15.2. The lowest BCUT2D eigenvalue weighted by Gasteiger charge is -2.22. The third kappa shape index (κ3) is 3.04. The highest BCUT2D eigenvalue weighted by Gasteiger charge is 2.15. The van der Waals surface area contributed by atoms with Gasteiger partial charge in [0, 0.05) is 0 Å². The first-order chi connectivity index (χ1) is 10.6. The van der Waals surface area contributed by atoms with Crippen molar-refractivity contribution >= 4 is 34.3 Å². The molecule has 0 amide bonds. The van der Waals surface area contributed by atoms with Gasteiger partial charge in [0.2, 0.25) is 0 Å². The molecule has 112 valence electrons. The van der Waals surface area contributed by atoms with Gasteiger partial charge in [-0.2, -0.15) is 0 Å². The van der Waals surface area contributed by atoms with Crippen LogP contribution in [0.4, 0.5) is 0 Å². The molecule has 0 aliphatic carbocycles. The van der Waals surface area contributed by atoms with Crippen molar-refractivity contribution in [3.63, 3.8) is 0 Å². The van der Waals surface area contributed by atoms with Gasteiger partial charge in [0.1, 0.15) is 0 Å². The molecule has 22 heavy (non-hydrogen) atoms. The summed E-state index contributed by atoms with van der Waals surface area (Å²) in [7, 11) is 1.18. The molecule has 0 aliphatic heterocycles. The Labute approximate surface area is 134 Å². The molecule has 3 aromatic carbocycles. The molecule has 0 N–H and O–H groups in total. The smallest absolute Gasteiger partial charge is 0.0762 e. The summed E-state index contributed by atoms with van der Waals surface area (Å²) in [5, 5.41) is 5.56. The van der Waals surface area contributed by atoms with Gasteiger partial charge in [0.05, 0.1) is 0 Å². The summed E-state index contributed by atoms with van der Waals surface area (Å²) in [4.78, 5) is 0. The van der Waals surface area contributed by atoms with Crippen LogP contribution in [0.25, 0.3) is 21.5 Å². The Morgan fingerprint density at radius 3 is 2.23 bits per heavy atom. The van der Waals surface area contributed by atoms with E-state index < -0.39 is 0 Å². The minimum absolute atomic E-state index is 0.465. The zero-order valence-corrected chi connectivity index (χ0v) is 14.0. The van der Waals surface area contributed by atoms with E-state index in [0.717, 1.165) is 0 Å². The van der Waals surface area contributed by atoms with Crippen molar-refractivity contribution in [2.45, 2.75) is 39.9 Å². The predicted molar refractivity (Wildman–Crippen MR) is 102 cm³/mol. The molecule has 0 atom stereocenters. The highest BCUT2D eigenvalue weighted by atomic mass is 14.2. The van der Waals surface area contributed by atoms with Crippen LogP contribution in [0.1, 0.15) is 33.6 Å². The van der Waals surface area contributed by atoms with Crippen LogP contribution in [0.15, 0.2) is 54.6 Å². The normalized spacial score (nSPS) is 12.0. The Kier molecular flexibility index (Phi) is 4.24. The summed E-state index contributed by atoms with van der Waals surface area (Å²) in [5.74, 6) is 0. The minimum Gasteiger partial charge on any atom is -0.0762 e. The van der Waals surface area contributed by atoms with Gasteiger partial charge in [-0.3, -0.25) is 0 Å². The first-order valence-corrected chi connectivity index (χ1v) is 8.50. The molecule has 0 heterocycles. The fourth-order valence-electron chi connectivity index (χ4n) is 3.27. The van der Waals surface area contributed by atoms with Crippen LogP contribution in [0.3, 0.4) is 0 Å². The van der Waals surface area contributed by atoms with E-state index in [1.807, 2.05) is 0 Å². The molecule has 0 fully saturated rings. The van der Waals surface area contributed by atoms with E-state index in [0.29, 0.717) is 5.41 Å². The van der Waals surface area contributed by atoms with Crippen LogP contribution < -0.4 is 5.46 Å². The van der Waals surface area contributed by atoms with Gasteiger partial charge in [-0.1, -0.05) is 100.0 Å². The Hall–Kier alpha value is -1.76. The maximum absolute atomic E-state index is 2.40. The molecule has 0 nitrogen and oxygen atoms in total. The largest absolute Gasteiger partial charge is 0.158 e. The number of hydrogen-bond acceptors (Lipinski definition) is 0. The molecule has 0 saturated carbocycles. The van der Waals surface area contributed by atoms with E-state index in [4.69, 9.17) is 0 Å². The first-order valence-electron chi connectivity index (χ1n) is 8.50. The number of rotatable bonds is 5. The monoisotopic (exact) mass is 288 g/mol. The number of benzene rings is 3. The highest BCUT2D eigenvalue weighted by Crippen LogP contribution is 2.27. The Bertz CT molecular complexity index is 786. The molecule has 0 bridgehead atoms. The second-order valence-corrected chi connectivity index (χ2v) is 7.17. The van der Waals surface area contributed by atoms with Crippen molar-refractivity contribution in [1.29, 1.82) is 0 Å². The molecule has 1 heteroatoms. The van der Waals surface area contributed by atoms with Crippen molar-refractivity contribution in [2.24, 2.45) is 5.41 Å². The topological polar surface area (TPSA) is 0 Å². The standard InChI is InChI=1S/C21H25B/c1-4-21(2,3)13-14-22-20-15-16-9-5-6-10-17(16)18-11-7-8-12-19(18)20/h5-12,15,22H,4,13-14H2,1-3H3. The van der Waals surface area contributed by atoms with Gasteiger partial charge in [-0.25, -0.2) is 0 Å². The number of fused-ring (bicyclic) bond motifs is 3. The van der Waals surface area contributed by atoms with Gasteiger partial charge < -0.3 is 0 Å². The molecule has 0 radical (unpaired) electrons. The fraction of sp³-hybridized carbons (Fsp3) is 0.333. The average molecular weight is 288 g/mol. The lowest BCUT2D eigenvalue weighted by molar-refractivity contribution is 0.338. The van der Waals surface area contributed by atoms with Gasteiger partial charge in [0.15, 0.2) is 7.28 Å². The molecule has 3 aromatic rings. The lowest BCUT2D eigenvalue weighted by Crippen LogP contribution is -2.18. The molecule has 3 rings (SSSR count). The summed E-state index contributed by atoms with van der Waals surface area (Å²) in [6.07, 6.45) is 3.82. The van der Waals surface area contributed by atoms with Crippen molar-refractivity contribution in [1.82, 2.24) is 0 Å². The van der Waals surface area contributed by atoms with Crippen molar-refractivity contribution < 1.29 is 0 Å². The quantitative estimate of drug-likeness (QED) is 0.441. The number of hydrogen-bond donors (Lipinski definition) is 0. The van der Waals surface area contributed by atoms with Gasteiger partial charge in [-0.15, -0.1) is 0 Å². The summed E-state index contributed by atoms with van der Waals surface area (Å²) in [6.45, 7) is 7.06. The SMILES string of the molecule is CCC(C)(C)CCBc1cc2ccccc2c2ccccc12. The summed E-state index contributed by atoms with van der Waals surface area (Å²) < 4.78 is 0. The second kappa shape index (κ2) is 6.16. The molecule has 0 spiro atoms. The van der Waals surface area contributed by atoms with Crippen LogP contribution >= 0.6 is 0 Å². The van der Waals surface area contributed by atoms with Crippen molar-refractivity contribution in [2.75, 3.05) is 0 Å². The minimum atomic E-state index is 0.465. The van der Waals surface area contributed by atoms with Crippen LogP contribution in [-0.2, 0) is 0 Å². The zero-order chi connectivity index (χ0) is 15.6. The molecular formula is C21H25B. The third-order valence-electron chi connectivity index (χ3n) is 5.11. The van der Waals surface area contributed by atoms with E-state index in [9.17, 15) is 0 Å². The Balaban J connectivity index is 1.97. The predicted octanol–water partition coefficient (Wildman–Crippen LogP) is 5.30. The summed E-state index contributed by atoms with van der Waals surface area (Å²) >= 11 is 0. The maximum Gasteiger partial charge on any atom is 0.158 e. The van der Waals surface area contributed by atoms with Crippen LogP contribution in [0.5, 0.6) is 0 Å². The summed E-state index contributed by atoms with van der Waals surface area (Å²) in [5.41, 5.74) is 1.97. The second-order valence-electron chi connectivity index (χ2n) is 7.17. The van der Waals surface area contributed by atoms with Crippen molar-refractivity contribution in [3.05, 3.63) is 54.6 Å². The van der Waals surface area contributed by atoms with E-state index in [2.05, 4.69) is 75.4 Å². The van der Waals surface area contributed by atoms with Crippen molar-refractivity contribution in [3.8, 4) is 0 Å². The maximum atomic E-state index is 2.40. The van der Waals surface area contributed by atoms with Gasteiger partial charge >= 0.3 is 0 Å². The van der Waals surface area contributed by atoms with Crippen LogP contribution in [0, 0.1) is 5.41 Å². The van der Waals surface area contributed by atoms with E-state index in [1.54, 1.807) is 0 Å². The van der Waals surface area contributed by atoms with E-state index >= 15 is 0 Å². The van der Waals surface area contributed by atoms with Gasteiger partial charge in [0.25, 0.3) is 0 Å². The van der Waals surface area contributed by atoms with E-state index in [-0.39, 0.29) is 0 Å². The third-order valence-corrected chi connectivity index (χ3v) is 5.11. The summed E-state index contributed by atoms with van der Waals surface area (Å²) in [6, 6.07) is 20.0. The lowest BCUT2D eigenvalue weighted by atomic mass is 9.62. The van der Waals surface area contributed by atoms with E-state index in [1.165, 1.54) is 53.4 Å². The average Bonchev–Trinajstić information content (AvgIpc) is 2.55. The molecule has 0 aromatic heterocycles. The zero-order valence-electron chi connectivity index (χ0n) is 14.0. The Morgan fingerprint density at radius 1 is 0.864 bits per heavy atom. The highest BCUT2D eigenvalue weighted by molar-refractivity contribution is 6.58. The molecule has 0 unspecified atom stereocenters. The van der Waals surface area contributed by atoms with Crippen LogP contribution in [-0.4, -0.2) is 7.28 Å². The van der Waals surface area contributed by atoms with Gasteiger partial charge in [-0.05, 0) is 27.0 Å². The van der Waals surface area contributed by atoms with Crippen LogP contribution in [0.2, 0.25) is 6.32 Å². The molecular weight excluding hydrogens is 263 g/mol.